The van der Waals surface area contributed by atoms with Crippen molar-refractivity contribution in [2.75, 3.05) is 5.32 Å². The van der Waals surface area contributed by atoms with Crippen LogP contribution < -0.4 is 15.8 Å². The number of hydrogen-bond acceptors (Lipinski definition) is 5. The Hall–Kier alpha value is -4.46. The number of primary amides is 1. The third-order valence-electron chi connectivity index (χ3n) is 5.66. The molecule has 5 rings (SSSR count). The van der Waals surface area contributed by atoms with Crippen molar-refractivity contribution in [2.24, 2.45) is 5.73 Å². The maximum absolute atomic E-state index is 13.4. The third-order valence-corrected chi connectivity index (χ3v) is 5.66. The lowest BCUT2D eigenvalue weighted by Gasteiger charge is -2.27. The van der Waals surface area contributed by atoms with E-state index in [9.17, 15) is 9.18 Å². The second kappa shape index (κ2) is 8.82. The second-order valence-corrected chi connectivity index (χ2v) is 7.98. The van der Waals surface area contributed by atoms with Crippen molar-refractivity contribution in [3.8, 4) is 17.1 Å². The number of nitrogens with zero attached hydrogens (tertiary/aromatic N) is 3. The number of rotatable bonds is 6. The molecule has 0 saturated carbocycles. The smallest absolute Gasteiger partial charge is 0.248 e. The molecule has 0 radical (unpaired) electrons. The van der Waals surface area contributed by atoms with Crippen LogP contribution in [0, 0.1) is 5.82 Å². The van der Waals surface area contributed by atoms with Crippen LogP contribution in [0.15, 0.2) is 90.1 Å². The Balaban J connectivity index is 1.47. The highest BCUT2D eigenvalue weighted by atomic mass is 19.1. The highest BCUT2D eigenvalue weighted by Crippen LogP contribution is 2.36. The van der Waals surface area contributed by atoms with Crippen LogP contribution in [0.4, 0.5) is 10.3 Å². The first-order valence-electron chi connectivity index (χ1n) is 10.8. The number of carbonyl (C=O) groups excluding carboxylic acids is 1. The van der Waals surface area contributed by atoms with Gasteiger partial charge in [-0.25, -0.2) is 9.07 Å². The van der Waals surface area contributed by atoms with Crippen LogP contribution in [0.25, 0.3) is 11.4 Å². The van der Waals surface area contributed by atoms with Gasteiger partial charge in [-0.05, 0) is 54.4 Å². The molecule has 1 aromatic heterocycles. The first-order chi connectivity index (χ1) is 16.5. The van der Waals surface area contributed by atoms with Gasteiger partial charge in [0, 0.05) is 11.3 Å². The summed E-state index contributed by atoms with van der Waals surface area (Å²) in [6.07, 6.45) is 0. The van der Waals surface area contributed by atoms with E-state index in [1.165, 1.54) is 12.1 Å². The molecule has 1 aliphatic rings. The Morgan fingerprint density at radius 3 is 2.44 bits per heavy atom. The van der Waals surface area contributed by atoms with Crippen molar-refractivity contribution in [3.05, 3.63) is 107 Å². The molecule has 0 bridgehead atoms. The lowest BCUT2D eigenvalue weighted by molar-refractivity contribution is -0.115. The van der Waals surface area contributed by atoms with Crippen molar-refractivity contribution < 1.29 is 13.9 Å². The number of hydrogen-bond donors (Lipinski definition) is 2. The van der Waals surface area contributed by atoms with Gasteiger partial charge in [0.25, 0.3) is 0 Å². The largest absolute Gasteiger partial charge is 0.489 e. The molecule has 1 unspecified atom stereocenters. The average Bonchev–Trinajstić information content (AvgIpc) is 3.26. The molecule has 0 aliphatic carbocycles. The summed E-state index contributed by atoms with van der Waals surface area (Å²) in [5.41, 5.74) is 9.28. The fourth-order valence-electron chi connectivity index (χ4n) is 3.99. The number of fused-ring (bicyclic) bond motifs is 1. The summed E-state index contributed by atoms with van der Waals surface area (Å²) in [6.45, 7) is 2.23. The van der Waals surface area contributed by atoms with E-state index in [-0.39, 0.29) is 5.82 Å². The Kier molecular flexibility index (Phi) is 5.55. The first kappa shape index (κ1) is 21.4. The van der Waals surface area contributed by atoms with Gasteiger partial charge >= 0.3 is 0 Å². The van der Waals surface area contributed by atoms with Gasteiger partial charge in [-0.1, -0.05) is 42.5 Å². The summed E-state index contributed by atoms with van der Waals surface area (Å²) in [5, 5.41) is 7.73. The standard InChI is InChI=1S/C26H22FN5O2/c1-16-22(24(28)33)23(18-9-13-21(14-10-18)34-15-17-5-3-2-4-6-17)32-26(29-16)30-25(31-32)19-7-11-20(27)12-8-19/h2-14,23H,15H2,1H3,(H2,28,33)(H,29,30,31). The van der Waals surface area contributed by atoms with Gasteiger partial charge < -0.3 is 15.8 Å². The number of anilines is 1. The second-order valence-electron chi connectivity index (χ2n) is 7.98. The van der Waals surface area contributed by atoms with Crippen LogP contribution in [0.2, 0.25) is 0 Å². The van der Waals surface area contributed by atoms with Gasteiger partial charge in [0.1, 0.15) is 24.2 Å². The number of carbonyl (C=O) groups is 1. The van der Waals surface area contributed by atoms with Crippen LogP contribution in [0.5, 0.6) is 5.75 Å². The molecule has 3 aromatic carbocycles. The summed E-state index contributed by atoms with van der Waals surface area (Å²) in [7, 11) is 0. The Morgan fingerprint density at radius 1 is 1.06 bits per heavy atom. The zero-order valence-electron chi connectivity index (χ0n) is 18.4. The summed E-state index contributed by atoms with van der Waals surface area (Å²) < 4.78 is 20.9. The lowest BCUT2D eigenvalue weighted by atomic mass is 9.95. The molecule has 34 heavy (non-hydrogen) atoms. The predicted octanol–water partition coefficient (Wildman–Crippen LogP) is 4.44. The van der Waals surface area contributed by atoms with Gasteiger partial charge in [0.05, 0.1) is 5.57 Å². The molecule has 8 heteroatoms. The maximum Gasteiger partial charge on any atom is 0.248 e. The number of amides is 1. The average molecular weight is 455 g/mol. The van der Waals surface area contributed by atoms with Crippen molar-refractivity contribution in [2.45, 2.75) is 19.6 Å². The highest BCUT2D eigenvalue weighted by molar-refractivity contribution is 5.95. The highest BCUT2D eigenvalue weighted by Gasteiger charge is 2.33. The number of nitrogens with two attached hydrogens (primary N) is 1. The first-order valence-corrected chi connectivity index (χ1v) is 10.8. The van der Waals surface area contributed by atoms with Crippen molar-refractivity contribution >= 4 is 11.9 Å². The van der Waals surface area contributed by atoms with E-state index in [2.05, 4.69) is 15.4 Å². The number of nitrogens with one attached hydrogen (secondary N) is 1. The summed E-state index contributed by atoms with van der Waals surface area (Å²) in [6, 6.07) is 22.7. The Bertz CT molecular complexity index is 1360. The normalized spacial score (nSPS) is 14.9. The summed E-state index contributed by atoms with van der Waals surface area (Å²) >= 11 is 0. The zero-order valence-corrected chi connectivity index (χ0v) is 18.4. The Morgan fingerprint density at radius 2 is 1.76 bits per heavy atom. The van der Waals surface area contributed by atoms with E-state index in [4.69, 9.17) is 10.5 Å². The van der Waals surface area contributed by atoms with Crippen LogP contribution in [-0.4, -0.2) is 20.7 Å². The molecule has 0 saturated heterocycles. The van der Waals surface area contributed by atoms with Gasteiger partial charge in [-0.15, -0.1) is 5.10 Å². The molecule has 3 N–H and O–H groups in total. The quantitative estimate of drug-likeness (QED) is 0.448. The lowest BCUT2D eigenvalue weighted by Crippen LogP contribution is -2.31. The topological polar surface area (TPSA) is 95.1 Å². The van der Waals surface area contributed by atoms with E-state index in [0.717, 1.165) is 11.1 Å². The Labute approximate surface area is 195 Å². The molecule has 0 spiro atoms. The monoisotopic (exact) mass is 455 g/mol. The number of allylic oxidation sites excluding steroid dienone is 1. The molecular formula is C26H22FN5O2. The maximum atomic E-state index is 13.4. The minimum atomic E-state index is -0.571. The van der Waals surface area contributed by atoms with Crippen molar-refractivity contribution in [3.63, 3.8) is 0 Å². The number of benzene rings is 3. The molecule has 1 amide bonds. The third kappa shape index (κ3) is 4.13. The SMILES string of the molecule is CC1=C(C(N)=O)C(c2ccc(OCc3ccccc3)cc2)n2nc(-c3ccc(F)cc3)nc2N1. The van der Waals surface area contributed by atoms with Crippen LogP contribution in [0.1, 0.15) is 24.1 Å². The summed E-state index contributed by atoms with van der Waals surface area (Å²) in [4.78, 5) is 17.0. The van der Waals surface area contributed by atoms with E-state index in [1.807, 2.05) is 54.6 Å². The zero-order chi connectivity index (χ0) is 23.7. The van der Waals surface area contributed by atoms with Crippen molar-refractivity contribution in [1.82, 2.24) is 14.8 Å². The molecular weight excluding hydrogens is 433 g/mol. The molecule has 7 nitrogen and oxygen atoms in total. The molecule has 2 heterocycles. The predicted molar refractivity (Wildman–Crippen MR) is 126 cm³/mol. The molecule has 0 fully saturated rings. The van der Waals surface area contributed by atoms with E-state index in [1.54, 1.807) is 23.7 Å². The van der Waals surface area contributed by atoms with Gasteiger partial charge in [0.2, 0.25) is 11.9 Å². The summed E-state index contributed by atoms with van der Waals surface area (Å²) in [5.74, 6) is 0.689. The minimum absolute atomic E-state index is 0.341. The van der Waals surface area contributed by atoms with Gasteiger partial charge in [-0.3, -0.25) is 4.79 Å². The molecule has 170 valence electrons. The molecule has 1 atom stereocenters. The van der Waals surface area contributed by atoms with Crippen LogP contribution >= 0.6 is 0 Å². The van der Waals surface area contributed by atoms with Crippen LogP contribution in [-0.2, 0) is 11.4 Å². The fourth-order valence-corrected chi connectivity index (χ4v) is 3.99. The minimum Gasteiger partial charge on any atom is -0.489 e. The number of aromatic nitrogens is 3. The van der Waals surface area contributed by atoms with Gasteiger partial charge in [-0.2, -0.15) is 4.98 Å². The fraction of sp³-hybridized carbons (Fsp3) is 0.115. The van der Waals surface area contributed by atoms with E-state index in [0.29, 0.717) is 41.0 Å². The van der Waals surface area contributed by atoms with E-state index >= 15 is 0 Å². The van der Waals surface area contributed by atoms with E-state index < -0.39 is 11.9 Å². The van der Waals surface area contributed by atoms with Gasteiger partial charge in [0.15, 0.2) is 5.82 Å². The number of ether oxygens (including phenoxy) is 1. The number of halogens is 1. The molecule has 4 aromatic rings. The molecule has 1 aliphatic heterocycles. The van der Waals surface area contributed by atoms with Crippen LogP contribution in [0.3, 0.4) is 0 Å². The van der Waals surface area contributed by atoms with Crippen molar-refractivity contribution in [1.29, 1.82) is 0 Å².